The minimum absolute atomic E-state index is 0.358. The van der Waals surface area contributed by atoms with Crippen LogP contribution in [0.4, 0.5) is 13.2 Å². The molecule has 1 atom stereocenters. The zero-order valence-electron chi connectivity index (χ0n) is 6.71. The quantitative estimate of drug-likeness (QED) is 0.804. The third-order valence-electron chi connectivity index (χ3n) is 1.18. The Labute approximate surface area is 78.2 Å². The normalized spacial score (nSPS) is 14.4. The van der Waals surface area contributed by atoms with Crippen molar-refractivity contribution in [3.8, 4) is 0 Å². The molecule has 0 aromatic carbocycles. The van der Waals surface area contributed by atoms with Gasteiger partial charge in [-0.3, -0.25) is 0 Å². The highest BCUT2D eigenvalue weighted by Gasteiger charge is 2.29. The van der Waals surface area contributed by atoms with Gasteiger partial charge in [-0.1, -0.05) is 22.5 Å². The molecular formula is C7H11BrF3N. The average Bonchev–Trinajstić information content (AvgIpc) is 1.79. The smallest absolute Gasteiger partial charge is 0.309 e. The van der Waals surface area contributed by atoms with Crippen molar-refractivity contribution < 1.29 is 13.2 Å². The Hall–Kier alpha value is -0.0300. The fraction of sp³-hybridized carbons (Fsp3) is 0.714. The summed E-state index contributed by atoms with van der Waals surface area (Å²) >= 11 is 3.04. The molecule has 0 saturated carbocycles. The lowest BCUT2D eigenvalue weighted by Crippen LogP contribution is -2.31. The maximum atomic E-state index is 11.8. The van der Waals surface area contributed by atoms with Gasteiger partial charge < -0.3 is 5.32 Å². The zero-order valence-corrected chi connectivity index (χ0v) is 8.30. The van der Waals surface area contributed by atoms with E-state index >= 15 is 0 Å². The van der Waals surface area contributed by atoms with Gasteiger partial charge in [0.15, 0.2) is 0 Å². The number of halogens is 4. The fourth-order valence-electron chi connectivity index (χ4n) is 0.704. The predicted octanol–water partition coefficient (Wildman–Crippen LogP) is 2.83. The second kappa shape index (κ2) is 4.87. The van der Waals surface area contributed by atoms with Crippen LogP contribution in [-0.2, 0) is 0 Å². The summed E-state index contributed by atoms with van der Waals surface area (Å²) in [6.45, 7) is 5.34. The number of nitrogens with one attached hydrogen (secondary N) is 1. The van der Waals surface area contributed by atoms with E-state index in [0.717, 1.165) is 0 Å². The minimum Gasteiger partial charge on any atom is -0.309 e. The maximum Gasteiger partial charge on any atom is 0.390 e. The monoisotopic (exact) mass is 245 g/mol. The molecule has 0 radical (unpaired) electrons. The van der Waals surface area contributed by atoms with Crippen LogP contribution >= 0.6 is 15.9 Å². The Kier molecular flexibility index (Phi) is 4.85. The fourth-order valence-corrected chi connectivity index (χ4v) is 0.866. The summed E-state index contributed by atoms with van der Waals surface area (Å²) in [6, 6.07) is -0.570. The lowest BCUT2D eigenvalue weighted by Gasteiger charge is -2.14. The molecule has 0 aliphatic heterocycles. The van der Waals surface area contributed by atoms with Crippen LogP contribution in [0, 0.1) is 0 Å². The number of alkyl halides is 3. The maximum absolute atomic E-state index is 11.8. The second-order valence-electron chi connectivity index (χ2n) is 2.62. The van der Waals surface area contributed by atoms with Crippen molar-refractivity contribution in [1.29, 1.82) is 0 Å². The first kappa shape index (κ1) is 12.0. The topological polar surface area (TPSA) is 12.0 Å². The van der Waals surface area contributed by atoms with E-state index in [4.69, 9.17) is 0 Å². The Morgan fingerprint density at radius 1 is 1.58 bits per heavy atom. The van der Waals surface area contributed by atoms with Crippen LogP contribution in [0.1, 0.15) is 13.3 Å². The van der Waals surface area contributed by atoms with Crippen LogP contribution in [0.5, 0.6) is 0 Å². The van der Waals surface area contributed by atoms with Crippen molar-refractivity contribution in [2.45, 2.75) is 25.6 Å². The van der Waals surface area contributed by atoms with E-state index in [9.17, 15) is 13.2 Å². The van der Waals surface area contributed by atoms with E-state index in [1.165, 1.54) is 6.92 Å². The Morgan fingerprint density at radius 3 is 2.42 bits per heavy atom. The standard InChI is InChI=1S/C7H11BrF3N/c1-5(8)4-12-6(2)3-7(9,10)11/h6,12H,1,3-4H2,2H3. The van der Waals surface area contributed by atoms with E-state index in [2.05, 4.69) is 27.8 Å². The first-order chi connectivity index (χ1) is 5.31. The van der Waals surface area contributed by atoms with Crippen LogP contribution in [0.3, 0.4) is 0 Å². The summed E-state index contributed by atoms with van der Waals surface area (Å²) < 4.78 is 35.9. The van der Waals surface area contributed by atoms with Crippen molar-refractivity contribution >= 4 is 15.9 Å². The van der Waals surface area contributed by atoms with Crippen molar-refractivity contribution in [1.82, 2.24) is 5.32 Å². The van der Waals surface area contributed by atoms with Crippen molar-refractivity contribution in [2.24, 2.45) is 0 Å². The lowest BCUT2D eigenvalue weighted by atomic mass is 10.2. The highest BCUT2D eigenvalue weighted by atomic mass is 79.9. The summed E-state index contributed by atoms with van der Waals surface area (Å²) in [5, 5.41) is 2.67. The van der Waals surface area contributed by atoms with Gasteiger partial charge in [0.05, 0.1) is 6.42 Å². The van der Waals surface area contributed by atoms with Crippen LogP contribution in [0.25, 0.3) is 0 Å². The molecule has 0 rings (SSSR count). The molecule has 0 saturated heterocycles. The molecule has 1 unspecified atom stereocenters. The molecule has 0 heterocycles. The zero-order chi connectivity index (χ0) is 9.78. The molecule has 0 fully saturated rings. The highest BCUT2D eigenvalue weighted by Crippen LogP contribution is 2.21. The summed E-state index contributed by atoms with van der Waals surface area (Å²) in [4.78, 5) is 0. The van der Waals surface area contributed by atoms with Crippen LogP contribution in [0.15, 0.2) is 11.1 Å². The van der Waals surface area contributed by atoms with Gasteiger partial charge in [-0.25, -0.2) is 0 Å². The largest absolute Gasteiger partial charge is 0.390 e. The first-order valence-electron chi connectivity index (χ1n) is 3.44. The Morgan fingerprint density at radius 2 is 2.08 bits per heavy atom. The lowest BCUT2D eigenvalue weighted by molar-refractivity contribution is -0.138. The van der Waals surface area contributed by atoms with E-state index in [1.807, 2.05) is 0 Å². The van der Waals surface area contributed by atoms with E-state index < -0.39 is 18.6 Å². The Balaban J connectivity index is 3.60. The number of hydrogen-bond acceptors (Lipinski definition) is 1. The van der Waals surface area contributed by atoms with E-state index in [1.54, 1.807) is 0 Å². The van der Waals surface area contributed by atoms with E-state index in [-0.39, 0.29) is 0 Å². The van der Waals surface area contributed by atoms with Gasteiger partial charge in [-0.05, 0) is 6.92 Å². The van der Waals surface area contributed by atoms with Gasteiger partial charge >= 0.3 is 6.18 Å². The first-order valence-corrected chi connectivity index (χ1v) is 4.24. The van der Waals surface area contributed by atoms with Crippen molar-refractivity contribution in [3.05, 3.63) is 11.1 Å². The van der Waals surface area contributed by atoms with Crippen LogP contribution < -0.4 is 5.32 Å². The number of hydrogen-bond donors (Lipinski definition) is 1. The molecule has 1 nitrogen and oxygen atoms in total. The summed E-state index contributed by atoms with van der Waals surface area (Å²) in [6.07, 6.45) is -4.91. The molecule has 0 aromatic rings. The molecule has 0 aromatic heterocycles. The molecule has 0 amide bonds. The van der Waals surface area contributed by atoms with Crippen molar-refractivity contribution in [3.63, 3.8) is 0 Å². The Bertz CT molecular complexity index is 155. The van der Waals surface area contributed by atoms with Gasteiger partial charge in [0.25, 0.3) is 0 Å². The van der Waals surface area contributed by atoms with Crippen LogP contribution in [-0.4, -0.2) is 18.8 Å². The van der Waals surface area contributed by atoms with Crippen LogP contribution in [0.2, 0.25) is 0 Å². The van der Waals surface area contributed by atoms with Crippen molar-refractivity contribution in [2.75, 3.05) is 6.54 Å². The predicted molar refractivity (Wildman–Crippen MR) is 46.2 cm³/mol. The SMILES string of the molecule is C=C(Br)CNC(C)CC(F)(F)F. The molecule has 72 valence electrons. The van der Waals surface area contributed by atoms with Gasteiger partial charge in [-0.15, -0.1) is 0 Å². The third kappa shape index (κ3) is 8.07. The van der Waals surface area contributed by atoms with Gasteiger partial charge in [-0.2, -0.15) is 13.2 Å². The average molecular weight is 246 g/mol. The van der Waals surface area contributed by atoms with Gasteiger partial charge in [0.2, 0.25) is 0 Å². The third-order valence-corrected chi connectivity index (χ3v) is 1.46. The summed E-state index contributed by atoms with van der Waals surface area (Å²) in [5.41, 5.74) is 0. The van der Waals surface area contributed by atoms with Gasteiger partial charge in [0, 0.05) is 17.1 Å². The summed E-state index contributed by atoms with van der Waals surface area (Å²) in [5.74, 6) is 0. The molecule has 12 heavy (non-hydrogen) atoms. The molecule has 0 bridgehead atoms. The molecule has 5 heteroatoms. The summed E-state index contributed by atoms with van der Waals surface area (Å²) in [7, 11) is 0. The van der Waals surface area contributed by atoms with Gasteiger partial charge in [0.1, 0.15) is 0 Å². The van der Waals surface area contributed by atoms with E-state index in [0.29, 0.717) is 11.0 Å². The molecule has 0 aliphatic carbocycles. The molecule has 1 N–H and O–H groups in total. The minimum atomic E-state index is -4.10. The second-order valence-corrected chi connectivity index (χ2v) is 3.74. The number of rotatable bonds is 4. The molecular weight excluding hydrogens is 235 g/mol. The molecule has 0 aliphatic rings. The molecule has 0 spiro atoms. The highest BCUT2D eigenvalue weighted by molar-refractivity contribution is 9.11.